The first-order valence-corrected chi connectivity index (χ1v) is 6.02. The number of fused-ring (bicyclic) bond motifs is 1. The molecule has 3 N–H and O–H groups in total. The molecule has 1 amide bonds. The van der Waals surface area contributed by atoms with E-state index in [1.165, 1.54) is 11.1 Å². The van der Waals surface area contributed by atoms with Crippen molar-refractivity contribution in [3.63, 3.8) is 0 Å². The van der Waals surface area contributed by atoms with Gasteiger partial charge in [-0.05, 0) is 36.1 Å². The van der Waals surface area contributed by atoms with Crippen LogP contribution in [0.4, 0.5) is 0 Å². The summed E-state index contributed by atoms with van der Waals surface area (Å²) in [4.78, 5) is 11.3. The standard InChI is InChI=1S/C13H16N2O2/c14-13(16)12(8-1-2-8)17-11-4-3-9-6-15-7-10(9)5-11/h3-5,8,12,15H,1-2,6-7H2,(H2,14,16). The number of rotatable bonds is 4. The molecule has 1 aliphatic heterocycles. The Morgan fingerprint density at radius 2 is 2.12 bits per heavy atom. The molecular formula is C13H16N2O2. The van der Waals surface area contributed by atoms with Gasteiger partial charge < -0.3 is 15.8 Å². The van der Waals surface area contributed by atoms with Crippen LogP contribution >= 0.6 is 0 Å². The Morgan fingerprint density at radius 1 is 1.35 bits per heavy atom. The van der Waals surface area contributed by atoms with Crippen molar-refractivity contribution >= 4 is 5.91 Å². The van der Waals surface area contributed by atoms with Crippen molar-refractivity contribution in [1.29, 1.82) is 0 Å². The van der Waals surface area contributed by atoms with E-state index in [4.69, 9.17) is 10.5 Å². The summed E-state index contributed by atoms with van der Waals surface area (Å²) >= 11 is 0. The second-order valence-electron chi connectivity index (χ2n) is 4.81. The van der Waals surface area contributed by atoms with Gasteiger partial charge in [-0.1, -0.05) is 6.07 Å². The molecule has 1 heterocycles. The second kappa shape index (κ2) is 4.04. The van der Waals surface area contributed by atoms with Crippen molar-refractivity contribution in [2.45, 2.75) is 32.0 Å². The van der Waals surface area contributed by atoms with Crippen LogP contribution in [0.1, 0.15) is 24.0 Å². The van der Waals surface area contributed by atoms with E-state index < -0.39 is 6.10 Å². The summed E-state index contributed by atoms with van der Waals surface area (Å²) < 4.78 is 5.72. The van der Waals surface area contributed by atoms with E-state index in [1.807, 2.05) is 12.1 Å². The van der Waals surface area contributed by atoms with Crippen molar-refractivity contribution in [2.75, 3.05) is 0 Å². The van der Waals surface area contributed by atoms with Crippen LogP contribution in [0.3, 0.4) is 0 Å². The van der Waals surface area contributed by atoms with Crippen molar-refractivity contribution in [2.24, 2.45) is 11.7 Å². The number of nitrogens with one attached hydrogen (secondary N) is 1. The number of hydrogen-bond acceptors (Lipinski definition) is 3. The Labute approximate surface area is 100 Å². The number of ether oxygens (including phenoxy) is 1. The molecule has 1 atom stereocenters. The maximum atomic E-state index is 11.3. The van der Waals surface area contributed by atoms with E-state index in [2.05, 4.69) is 11.4 Å². The molecule has 0 saturated heterocycles. The summed E-state index contributed by atoms with van der Waals surface area (Å²) in [5, 5.41) is 3.28. The fraction of sp³-hybridized carbons (Fsp3) is 0.462. The maximum absolute atomic E-state index is 11.3. The molecule has 4 nitrogen and oxygen atoms in total. The molecule has 1 aromatic carbocycles. The number of benzene rings is 1. The normalized spacial score (nSPS) is 19.8. The Bertz CT molecular complexity index is 455. The van der Waals surface area contributed by atoms with Crippen LogP contribution in [0.25, 0.3) is 0 Å². The highest BCUT2D eigenvalue weighted by Crippen LogP contribution is 2.35. The average molecular weight is 232 g/mol. The first kappa shape index (κ1) is 10.6. The molecule has 1 fully saturated rings. The third-order valence-corrected chi connectivity index (χ3v) is 3.40. The molecule has 0 aromatic heterocycles. The monoisotopic (exact) mass is 232 g/mol. The van der Waals surface area contributed by atoms with Crippen LogP contribution in [-0.2, 0) is 17.9 Å². The SMILES string of the molecule is NC(=O)C(Oc1ccc2c(c1)CNC2)C1CC1. The Hall–Kier alpha value is -1.55. The van der Waals surface area contributed by atoms with E-state index in [0.29, 0.717) is 5.92 Å². The minimum atomic E-state index is -0.456. The second-order valence-corrected chi connectivity index (χ2v) is 4.81. The summed E-state index contributed by atoms with van der Waals surface area (Å²) in [5.74, 6) is 0.716. The number of primary amides is 1. The summed E-state index contributed by atoms with van der Waals surface area (Å²) in [6.45, 7) is 1.79. The molecule has 90 valence electrons. The van der Waals surface area contributed by atoms with Gasteiger partial charge in [0.05, 0.1) is 0 Å². The molecule has 0 radical (unpaired) electrons. The average Bonchev–Trinajstić information content (AvgIpc) is 3.03. The smallest absolute Gasteiger partial charge is 0.258 e. The van der Waals surface area contributed by atoms with Crippen LogP contribution in [0.15, 0.2) is 18.2 Å². The first-order valence-electron chi connectivity index (χ1n) is 6.02. The van der Waals surface area contributed by atoms with Gasteiger partial charge in [-0.15, -0.1) is 0 Å². The van der Waals surface area contributed by atoms with Gasteiger partial charge in [0, 0.05) is 19.0 Å². The Balaban J connectivity index is 1.77. The van der Waals surface area contributed by atoms with E-state index in [9.17, 15) is 4.79 Å². The minimum absolute atomic E-state index is 0.318. The topological polar surface area (TPSA) is 64.4 Å². The van der Waals surface area contributed by atoms with Gasteiger partial charge in [-0.2, -0.15) is 0 Å². The zero-order valence-electron chi connectivity index (χ0n) is 9.61. The van der Waals surface area contributed by atoms with Crippen molar-refractivity contribution in [3.05, 3.63) is 29.3 Å². The molecule has 1 saturated carbocycles. The third-order valence-electron chi connectivity index (χ3n) is 3.40. The van der Waals surface area contributed by atoms with Crippen LogP contribution in [-0.4, -0.2) is 12.0 Å². The quantitative estimate of drug-likeness (QED) is 0.811. The highest BCUT2D eigenvalue weighted by Gasteiger charge is 2.37. The Kier molecular flexibility index (Phi) is 2.52. The largest absolute Gasteiger partial charge is 0.480 e. The van der Waals surface area contributed by atoms with E-state index >= 15 is 0 Å². The fourth-order valence-electron chi connectivity index (χ4n) is 2.28. The maximum Gasteiger partial charge on any atom is 0.258 e. The molecule has 2 aliphatic rings. The van der Waals surface area contributed by atoms with E-state index in [-0.39, 0.29) is 5.91 Å². The molecule has 0 bridgehead atoms. The highest BCUT2D eigenvalue weighted by atomic mass is 16.5. The first-order chi connectivity index (χ1) is 8.24. The van der Waals surface area contributed by atoms with Crippen molar-refractivity contribution in [3.8, 4) is 5.75 Å². The van der Waals surface area contributed by atoms with Crippen LogP contribution in [0.5, 0.6) is 5.75 Å². The van der Waals surface area contributed by atoms with Gasteiger partial charge in [0.2, 0.25) is 0 Å². The highest BCUT2D eigenvalue weighted by molar-refractivity contribution is 5.80. The van der Waals surface area contributed by atoms with Crippen molar-refractivity contribution < 1.29 is 9.53 Å². The van der Waals surface area contributed by atoms with Gasteiger partial charge in [0.1, 0.15) is 5.75 Å². The van der Waals surface area contributed by atoms with Gasteiger partial charge in [0.25, 0.3) is 5.91 Å². The summed E-state index contributed by atoms with van der Waals surface area (Å²) in [5.41, 5.74) is 7.92. The molecule has 3 rings (SSSR count). The summed E-state index contributed by atoms with van der Waals surface area (Å²) in [6, 6.07) is 5.98. The predicted molar refractivity (Wildman–Crippen MR) is 63.3 cm³/mol. The predicted octanol–water partition coefficient (Wildman–Crippen LogP) is 0.932. The lowest BCUT2D eigenvalue weighted by Gasteiger charge is -2.15. The van der Waals surface area contributed by atoms with Crippen LogP contribution < -0.4 is 15.8 Å². The molecule has 1 aliphatic carbocycles. The molecule has 1 unspecified atom stereocenters. The van der Waals surface area contributed by atoms with Gasteiger partial charge in [-0.25, -0.2) is 0 Å². The molecule has 4 heteroatoms. The number of hydrogen-bond donors (Lipinski definition) is 2. The lowest BCUT2D eigenvalue weighted by Crippen LogP contribution is -2.35. The molecule has 17 heavy (non-hydrogen) atoms. The van der Waals surface area contributed by atoms with Gasteiger partial charge >= 0.3 is 0 Å². The summed E-state index contributed by atoms with van der Waals surface area (Å²) in [6.07, 6.45) is 1.63. The zero-order chi connectivity index (χ0) is 11.8. The van der Waals surface area contributed by atoms with Gasteiger partial charge in [0.15, 0.2) is 6.10 Å². The number of carbonyl (C=O) groups is 1. The lowest BCUT2D eigenvalue weighted by atomic mass is 10.1. The number of carbonyl (C=O) groups excluding carboxylic acids is 1. The number of amides is 1. The zero-order valence-corrected chi connectivity index (χ0v) is 9.61. The lowest BCUT2D eigenvalue weighted by molar-refractivity contribution is -0.125. The van der Waals surface area contributed by atoms with E-state index in [1.54, 1.807) is 0 Å². The molecular weight excluding hydrogens is 216 g/mol. The van der Waals surface area contributed by atoms with Crippen LogP contribution in [0, 0.1) is 5.92 Å². The van der Waals surface area contributed by atoms with E-state index in [0.717, 1.165) is 31.7 Å². The minimum Gasteiger partial charge on any atom is -0.480 e. The Morgan fingerprint density at radius 3 is 2.82 bits per heavy atom. The van der Waals surface area contributed by atoms with Gasteiger partial charge in [-0.3, -0.25) is 4.79 Å². The fourth-order valence-corrected chi connectivity index (χ4v) is 2.28. The number of nitrogens with two attached hydrogens (primary N) is 1. The molecule has 1 aromatic rings. The van der Waals surface area contributed by atoms with Crippen LogP contribution in [0.2, 0.25) is 0 Å². The summed E-state index contributed by atoms with van der Waals surface area (Å²) in [7, 11) is 0. The third kappa shape index (κ3) is 2.13. The molecule has 0 spiro atoms. The van der Waals surface area contributed by atoms with Crippen molar-refractivity contribution in [1.82, 2.24) is 5.32 Å².